The van der Waals surface area contributed by atoms with Gasteiger partial charge in [0, 0.05) is 32.6 Å². The van der Waals surface area contributed by atoms with Crippen molar-refractivity contribution >= 4 is 27.5 Å². The fraction of sp³-hybridized carbons (Fsp3) is 0.364. The molecule has 1 N–H and O–H groups in total. The number of hydrogen-bond donors (Lipinski definition) is 1. The summed E-state index contributed by atoms with van der Waals surface area (Å²) in [6, 6.07) is 12.4. The molecule has 170 valence electrons. The van der Waals surface area contributed by atoms with Crippen molar-refractivity contribution in [1.29, 1.82) is 0 Å². The van der Waals surface area contributed by atoms with Gasteiger partial charge in [-0.2, -0.15) is 4.31 Å². The summed E-state index contributed by atoms with van der Waals surface area (Å²) in [4.78, 5) is 26.5. The second-order valence-corrected chi connectivity index (χ2v) is 9.61. The van der Waals surface area contributed by atoms with Gasteiger partial charge in [-0.3, -0.25) is 9.59 Å². The van der Waals surface area contributed by atoms with Crippen molar-refractivity contribution in [1.82, 2.24) is 9.62 Å². The zero-order valence-electron chi connectivity index (χ0n) is 17.4. The van der Waals surface area contributed by atoms with Crippen LogP contribution < -0.4 is 10.2 Å². The van der Waals surface area contributed by atoms with Gasteiger partial charge in [0.1, 0.15) is 5.82 Å². The summed E-state index contributed by atoms with van der Waals surface area (Å²) in [6.45, 7) is 1.30. The molecule has 2 amide bonds. The first-order chi connectivity index (χ1) is 15.4. The van der Waals surface area contributed by atoms with Gasteiger partial charge in [0.15, 0.2) is 0 Å². The van der Waals surface area contributed by atoms with E-state index in [9.17, 15) is 22.4 Å². The highest BCUT2D eigenvalue weighted by Gasteiger charge is 2.36. The number of carbonyl (C=O) groups excluding carboxylic acids is 2. The minimum atomic E-state index is -3.72. The van der Waals surface area contributed by atoms with Gasteiger partial charge in [0.05, 0.1) is 29.7 Å². The summed E-state index contributed by atoms with van der Waals surface area (Å²) in [5.41, 5.74) is 0.609. The molecule has 2 aromatic carbocycles. The fourth-order valence-corrected chi connectivity index (χ4v) is 5.57. The van der Waals surface area contributed by atoms with Crippen LogP contribution in [-0.2, 0) is 30.9 Å². The Morgan fingerprint density at radius 1 is 1.09 bits per heavy atom. The monoisotopic (exact) mass is 461 g/mol. The summed E-state index contributed by atoms with van der Waals surface area (Å²) in [5, 5.41) is 2.74. The number of ether oxygens (including phenoxy) is 1. The standard InChI is InChI=1S/C22H24FN3O5S/c23-18-6-2-3-7-19(18)26-15-17(13-21(26)27)22(28)24-14-16-5-1-4-8-20(16)32(29,30)25-9-11-31-12-10-25/h1-8,17H,9-15H2,(H,24,28)/t17-/m0/s1. The van der Waals surface area contributed by atoms with E-state index in [-0.39, 0.29) is 55.0 Å². The van der Waals surface area contributed by atoms with Crippen molar-refractivity contribution in [3.05, 3.63) is 59.9 Å². The van der Waals surface area contributed by atoms with Crippen molar-refractivity contribution in [2.24, 2.45) is 5.92 Å². The summed E-state index contributed by atoms with van der Waals surface area (Å²) < 4.78 is 46.8. The zero-order valence-corrected chi connectivity index (χ0v) is 18.2. The van der Waals surface area contributed by atoms with Crippen molar-refractivity contribution in [3.8, 4) is 0 Å². The van der Waals surface area contributed by atoms with Gasteiger partial charge in [0.2, 0.25) is 21.8 Å². The normalized spacial score (nSPS) is 19.8. The van der Waals surface area contributed by atoms with Gasteiger partial charge in [-0.1, -0.05) is 30.3 Å². The van der Waals surface area contributed by atoms with Gasteiger partial charge in [-0.15, -0.1) is 0 Å². The Kier molecular flexibility index (Phi) is 6.54. The first-order valence-corrected chi connectivity index (χ1v) is 11.8. The molecule has 32 heavy (non-hydrogen) atoms. The van der Waals surface area contributed by atoms with Crippen LogP contribution in [0.5, 0.6) is 0 Å². The third-order valence-electron chi connectivity index (χ3n) is 5.65. The lowest BCUT2D eigenvalue weighted by Gasteiger charge is -2.27. The summed E-state index contributed by atoms with van der Waals surface area (Å²) in [6.07, 6.45) is -0.0338. The number of rotatable bonds is 6. The lowest BCUT2D eigenvalue weighted by atomic mass is 10.1. The molecule has 1 atom stereocenters. The van der Waals surface area contributed by atoms with Crippen LogP contribution in [0.4, 0.5) is 10.1 Å². The molecule has 2 aromatic rings. The molecule has 8 nitrogen and oxygen atoms in total. The molecule has 2 heterocycles. The van der Waals surface area contributed by atoms with Crippen LogP contribution in [0.25, 0.3) is 0 Å². The van der Waals surface area contributed by atoms with Crippen LogP contribution in [0.3, 0.4) is 0 Å². The molecule has 2 saturated heterocycles. The third-order valence-corrected chi connectivity index (χ3v) is 7.65. The van der Waals surface area contributed by atoms with Crippen molar-refractivity contribution < 1.29 is 27.1 Å². The number of nitrogens with one attached hydrogen (secondary N) is 1. The highest BCUT2D eigenvalue weighted by Crippen LogP contribution is 2.27. The second-order valence-electron chi connectivity index (χ2n) is 7.70. The molecule has 10 heteroatoms. The van der Waals surface area contributed by atoms with Gasteiger partial charge in [0.25, 0.3) is 0 Å². The Morgan fingerprint density at radius 2 is 1.78 bits per heavy atom. The number of halogens is 1. The van der Waals surface area contributed by atoms with E-state index in [1.165, 1.54) is 33.5 Å². The Bertz CT molecular complexity index is 1120. The van der Waals surface area contributed by atoms with Crippen LogP contribution in [0.15, 0.2) is 53.4 Å². The fourth-order valence-electron chi connectivity index (χ4n) is 3.94. The zero-order chi connectivity index (χ0) is 22.7. The number of hydrogen-bond acceptors (Lipinski definition) is 5. The van der Waals surface area contributed by atoms with E-state index < -0.39 is 21.8 Å². The summed E-state index contributed by atoms with van der Waals surface area (Å²) in [5.74, 6) is -1.88. The molecule has 0 saturated carbocycles. The molecule has 2 aliphatic rings. The van der Waals surface area contributed by atoms with Crippen LogP contribution in [0, 0.1) is 11.7 Å². The number of nitrogens with zero attached hydrogens (tertiary/aromatic N) is 2. The van der Waals surface area contributed by atoms with Crippen molar-refractivity contribution in [2.75, 3.05) is 37.7 Å². The predicted octanol–water partition coefficient (Wildman–Crippen LogP) is 1.52. The second kappa shape index (κ2) is 9.35. The van der Waals surface area contributed by atoms with E-state index in [0.29, 0.717) is 18.8 Å². The Hall–Kier alpha value is -2.82. The number of anilines is 1. The highest BCUT2D eigenvalue weighted by molar-refractivity contribution is 7.89. The molecule has 0 unspecified atom stereocenters. The van der Waals surface area contributed by atoms with Crippen LogP contribution in [0.2, 0.25) is 0 Å². The van der Waals surface area contributed by atoms with E-state index in [1.54, 1.807) is 24.3 Å². The Morgan fingerprint density at radius 3 is 2.53 bits per heavy atom. The first kappa shape index (κ1) is 22.4. The van der Waals surface area contributed by atoms with Crippen LogP contribution in [0.1, 0.15) is 12.0 Å². The SMILES string of the molecule is O=C(NCc1ccccc1S(=O)(=O)N1CCOCC1)[C@H]1CC(=O)N(c2ccccc2F)C1. The maximum atomic E-state index is 14.1. The molecule has 0 aromatic heterocycles. The van der Waals surface area contributed by atoms with Crippen molar-refractivity contribution in [3.63, 3.8) is 0 Å². The first-order valence-electron chi connectivity index (χ1n) is 10.4. The number of sulfonamides is 1. The van der Waals surface area contributed by atoms with Gasteiger partial charge in [-0.05, 0) is 23.8 Å². The molecule has 2 aliphatic heterocycles. The Balaban J connectivity index is 1.44. The summed E-state index contributed by atoms with van der Waals surface area (Å²) >= 11 is 0. The van der Waals surface area contributed by atoms with E-state index in [0.717, 1.165) is 0 Å². The number of para-hydroxylation sites is 1. The van der Waals surface area contributed by atoms with Gasteiger partial charge >= 0.3 is 0 Å². The van der Waals surface area contributed by atoms with E-state index >= 15 is 0 Å². The topological polar surface area (TPSA) is 96.0 Å². The number of carbonyl (C=O) groups is 2. The molecule has 0 aliphatic carbocycles. The third kappa shape index (κ3) is 4.52. The van der Waals surface area contributed by atoms with E-state index in [1.807, 2.05) is 0 Å². The van der Waals surface area contributed by atoms with Gasteiger partial charge in [-0.25, -0.2) is 12.8 Å². The quantitative estimate of drug-likeness (QED) is 0.704. The van der Waals surface area contributed by atoms with Crippen LogP contribution in [-0.4, -0.2) is 57.4 Å². The molecule has 0 spiro atoms. The minimum Gasteiger partial charge on any atom is -0.379 e. The maximum absolute atomic E-state index is 14.1. The molecular weight excluding hydrogens is 437 g/mol. The number of morpholine rings is 1. The van der Waals surface area contributed by atoms with Crippen LogP contribution >= 0.6 is 0 Å². The molecule has 2 fully saturated rings. The molecule has 0 bridgehead atoms. The Labute approximate surface area is 186 Å². The minimum absolute atomic E-state index is 0.00294. The number of benzene rings is 2. The highest BCUT2D eigenvalue weighted by atomic mass is 32.2. The molecule has 0 radical (unpaired) electrons. The van der Waals surface area contributed by atoms with Crippen molar-refractivity contribution in [2.45, 2.75) is 17.9 Å². The molecular formula is C22H24FN3O5S. The average molecular weight is 462 g/mol. The molecule has 4 rings (SSSR count). The predicted molar refractivity (Wildman–Crippen MR) is 115 cm³/mol. The smallest absolute Gasteiger partial charge is 0.243 e. The average Bonchev–Trinajstić information content (AvgIpc) is 3.20. The van der Waals surface area contributed by atoms with E-state index in [2.05, 4.69) is 5.32 Å². The lowest BCUT2D eigenvalue weighted by Crippen LogP contribution is -2.41. The van der Waals surface area contributed by atoms with E-state index in [4.69, 9.17) is 4.74 Å². The maximum Gasteiger partial charge on any atom is 0.243 e. The number of amides is 2. The lowest BCUT2D eigenvalue weighted by molar-refractivity contribution is -0.126. The van der Waals surface area contributed by atoms with Gasteiger partial charge < -0.3 is 15.0 Å². The summed E-state index contributed by atoms with van der Waals surface area (Å²) in [7, 11) is -3.72. The largest absolute Gasteiger partial charge is 0.379 e.